The minimum absolute atomic E-state index is 0.238. The molecule has 0 aliphatic carbocycles. The Kier molecular flexibility index (Phi) is 6.15. The second kappa shape index (κ2) is 6.70. The van der Waals surface area contributed by atoms with Crippen LogP contribution < -0.4 is 5.32 Å². The van der Waals surface area contributed by atoms with Gasteiger partial charge in [0.1, 0.15) is 6.61 Å². The topological polar surface area (TPSA) is 38.3 Å². The summed E-state index contributed by atoms with van der Waals surface area (Å²) >= 11 is 0. The molecule has 3 nitrogen and oxygen atoms in total. The molecule has 3 heteroatoms. The summed E-state index contributed by atoms with van der Waals surface area (Å²) in [6.07, 6.45) is 2.06. The van der Waals surface area contributed by atoms with Gasteiger partial charge < -0.3 is 10.1 Å². The van der Waals surface area contributed by atoms with E-state index < -0.39 is 0 Å². The van der Waals surface area contributed by atoms with Crippen LogP contribution in [-0.2, 0) is 9.53 Å². The Morgan fingerprint density at radius 2 is 2.25 bits per heavy atom. The average molecular weight is 171 g/mol. The number of rotatable bonds is 6. The van der Waals surface area contributed by atoms with Gasteiger partial charge in [-0.05, 0) is 6.42 Å². The van der Waals surface area contributed by atoms with Gasteiger partial charge in [-0.2, -0.15) is 0 Å². The molecular formula is C9H17NO2. The lowest BCUT2D eigenvalue weighted by atomic mass is 10.3. The van der Waals surface area contributed by atoms with Gasteiger partial charge in [0.15, 0.2) is 0 Å². The first-order valence-electron chi connectivity index (χ1n) is 4.21. The Morgan fingerprint density at radius 3 is 2.75 bits per heavy atom. The molecule has 0 aromatic heterocycles. The van der Waals surface area contributed by atoms with Crippen LogP contribution in [0.5, 0.6) is 0 Å². The number of hydrogen-bond donors (Lipinski definition) is 1. The number of esters is 1. The normalized spacial score (nSPS) is 9.17. The number of allylic oxidation sites excluding steroid dienone is 1. The third-order valence-electron chi connectivity index (χ3n) is 1.33. The van der Waals surface area contributed by atoms with Crippen LogP contribution in [0, 0.1) is 0 Å². The fourth-order valence-corrected chi connectivity index (χ4v) is 0.813. The van der Waals surface area contributed by atoms with Gasteiger partial charge in [-0.1, -0.05) is 19.9 Å². The fourth-order valence-electron chi connectivity index (χ4n) is 0.813. The molecule has 0 fully saturated rings. The van der Waals surface area contributed by atoms with Crippen molar-refractivity contribution in [1.82, 2.24) is 5.32 Å². The van der Waals surface area contributed by atoms with Crippen molar-refractivity contribution < 1.29 is 9.53 Å². The van der Waals surface area contributed by atoms with Crippen molar-refractivity contribution in [2.45, 2.75) is 26.7 Å². The SMILES string of the molecule is C=C(CCC)NCCOC(C)=O. The summed E-state index contributed by atoms with van der Waals surface area (Å²) in [5, 5.41) is 3.07. The maximum atomic E-state index is 10.3. The van der Waals surface area contributed by atoms with Crippen LogP contribution in [0.25, 0.3) is 0 Å². The van der Waals surface area contributed by atoms with Crippen molar-refractivity contribution in [3.05, 3.63) is 12.3 Å². The largest absolute Gasteiger partial charge is 0.464 e. The van der Waals surface area contributed by atoms with Crippen molar-refractivity contribution in [2.75, 3.05) is 13.2 Å². The van der Waals surface area contributed by atoms with Crippen LogP contribution in [0.2, 0.25) is 0 Å². The molecule has 0 radical (unpaired) electrons. The molecule has 0 aliphatic rings. The van der Waals surface area contributed by atoms with E-state index in [1.807, 2.05) is 0 Å². The lowest BCUT2D eigenvalue weighted by Gasteiger charge is -2.07. The number of ether oxygens (including phenoxy) is 1. The first-order chi connectivity index (χ1) is 5.66. The fraction of sp³-hybridized carbons (Fsp3) is 0.667. The van der Waals surface area contributed by atoms with E-state index in [1.54, 1.807) is 0 Å². The molecular weight excluding hydrogens is 154 g/mol. The van der Waals surface area contributed by atoms with Crippen LogP contribution in [0.1, 0.15) is 26.7 Å². The van der Waals surface area contributed by atoms with E-state index in [4.69, 9.17) is 4.74 Å². The van der Waals surface area contributed by atoms with E-state index in [0.29, 0.717) is 13.2 Å². The molecule has 0 saturated heterocycles. The van der Waals surface area contributed by atoms with Gasteiger partial charge in [0, 0.05) is 19.2 Å². The van der Waals surface area contributed by atoms with Crippen molar-refractivity contribution in [3.63, 3.8) is 0 Å². The van der Waals surface area contributed by atoms with Crippen molar-refractivity contribution in [1.29, 1.82) is 0 Å². The third-order valence-corrected chi connectivity index (χ3v) is 1.33. The van der Waals surface area contributed by atoms with Gasteiger partial charge in [0.05, 0.1) is 0 Å². The summed E-state index contributed by atoms with van der Waals surface area (Å²) in [5.41, 5.74) is 1.00. The summed E-state index contributed by atoms with van der Waals surface area (Å²) in [7, 11) is 0. The van der Waals surface area contributed by atoms with E-state index in [-0.39, 0.29) is 5.97 Å². The van der Waals surface area contributed by atoms with Gasteiger partial charge >= 0.3 is 5.97 Å². The third kappa shape index (κ3) is 7.12. The number of carbonyl (C=O) groups is 1. The second-order valence-electron chi connectivity index (χ2n) is 2.62. The van der Waals surface area contributed by atoms with E-state index >= 15 is 0 Å². The monoisotopic (exact) mass is 171 g/mol. The zero-order valence-corrected chi connectivity index (χ0v) is 7.85. The highest BCUT2D eigenvalue weighted by Gasteiger charge is 1.93. The summed E-state index contributed by atoms with van der Waals surface area (Å²) in [6.45, 7) is 8.38. The van der Waals surface area contributed by atoms with Gasteiger partial charge in [-0.25, -0.2) is 0 Å². The molecule has 12 heavy (non-hydrogen) atoms. The summed E-state index contributed by atoms with van der Waals surface area (Å²) in [4.78, 5) is 10.3. The van der Waals surface area contributed by atoms with E-state index in [0.717, 1.165) is 18.5 Å². The lowest BCUT2D eigenvalue weighted by molar-refractivity contribution is -0.140. The van der Waals surface area contributed by atoms with Gasteiger partial charge in [0.25, 0.3) is 0 Å². The van der Waals surface area contributed by atoms with Crippen LogP contribution in [-0.4, -0.2) is 19.1 Å². The molecule has 0 aliphatic heterocycles. The molecule has 0 rings (SSSR count). The number of nitrogens with one attached hydrogen (secondary N) is 1. The first-order valence-corrected chi connectivity index (χ1v) is 4.21. The predicted octanol–water partition coefficient (Wildman–Crippen LogP) is 1.45. The van der Waals surface area contributed by atoms with Crippen LogP contribution in [0.15, 0.2) is 12.3 Å². The van der Waals surface area contributed by atoms with Crippen molar-refractivity contribution in [3.8, 4) is 0 Å². The van der Waals surface area contributed by atoms with Crippen LogP contribution in [0.3, 0.4) is 0 Å². The Hall–Kier alpha value is -0.990. The van der Waals surface area contributed by atoms with Crippen molar-refractivity contribution >= 4 is 5.97 Å². The average Bonchev–Trinajstić information content (AvgIpc) is 1.98. The molecule has 0 heterocycles. The summed E-state index contributed by atoms with van der Waals surface area (Å²) in [6, 6.07) is 0. The Bertz CT molecular complexity index is 155. The molecule has 0 atom stereocenters. The molecule has 1 N–H and O–H groups in total. The standard InChI is InChI=1S/C9H17NO2/c1-4-5-8(2)10-6-7-12-9(3)11/h10H,2,4-7H2,1,3H3. The second-order valence-corrected chi connectivity index (χ2v) is 2.62. The first kappa shape index (κ1) is 11.0. The smallest absolute Gasteiger partial charge is 0.302 e. The highest BCUT2D eigenvalue weighted by Crippen LogP contribution is 1.95. The molecule has 0 aromatic rings. The van der Waals surface area contributed by atoms with Crippen LogP contribution in [0.4, 0.5) is 0 Å². The number of carbonyl (C=O) groups excluding carboxylic acids is 1. The molecule has 0 unspecified atom stereocenters. The molecule has 0 saturated carbocycles. The van der Waals surface area contributed by atoms with Crippen molar-refractivity contribution in [2.24, 2.45) is 0 Å². The maximum Gasteiger partial charge on any atom is 0.302 e. The van der Waals surface area contributed by atoms with E-state index in [2.05, 4.69) is 18.8 Å². The Labute approximate surface area is 73.8 Å². The van der Waals surface area contributed by atoms with Gasteiger partial charge in [0.2, 0.25) is 0 Å². The highest BCUT2D eigenvalue weighted by atomic mass is 16.5. The minimum atomic E-state index is -0.238. The van der Waals surface area contributed by atoms with E-state index in [1.165, 1.54) is 6.92 Å². The van der Waals surface area contributed by atoms with Crippen LogP contribution >= 0.6 is 0 Å². The zero-order valence-electron chi connectivity index (χ0n) is 7.85. The number of hydrogen-bond acceptors (Lipinski definition) is 3. The van der Waals surface area contributed by atoms with Gasteiger partial charge in [-0.15, -0.1) is 0 Å². The van der Waals surface area contributed by atoms with Gasteiger partial charge in [-0.3, -0.25) is 4.79 Å². The molecule has 0 bridgehead atoms. The lowest BCUT2D eigenvalue weighted by Crippen LogP contribution is -2.19. The summed E-state index contributed by atoms with van der Waals surface area (Å²) in [5.74, 6) is -0.238. The predicted molar refractivity (Wildman–Crippen MR) is 48.7 cm³/mol. The maximum absolute atomic E-state index is 10.3. The minimum Gasteiger partial charge on any atom is -0.464 e. The quantitative estimate of drug-likeness (QED) is 0.485. The molecule has 0 amide bonds. The molecule has 70 valence electrons. The molecule has 0 aromatic carbocycles. The zero-order chi connectivity index (χ0) is 9.40. The molecule has 0 spiro atoms. The van der Waals surface area contributed by atoms with E-state index in [9.17, 15) is 4.79 Å². The Balaban J connectivity index is 3.19. The highest BCUT2D eigenvalue weighted by molar-refractivity contribution is 5.65. The summed E-state index contributed by atoms with van der Waals surface area (Å²) < 4.78 is 4.73. The Morgan fingerprint density at radius 1 is 1.58 bits per heavy atom.